The number of aryl methyl sites for hydroxylation is 1. The van der Waals surface area contributed by atoms with Crippen LogP contribution in [0.5, 0.6) is 0 Å². The van der Waals surface area contributed by atoms with E-state index < -0.39 is 0 Å². The molecule has 0 radical (unpaired) electrons. The van der Waals surface area contributed by atoms with Crippen LogP contribution >= 0.6 is 0 Å². The van der Waals surface area contributed by atoms with Gasteiger partial charge in [0.05, 0.1) is 13.2 Å². The maximum atomic E-state index is 5.51. The molecule has 0 aliphatic carbocycles. The monoisotopic (exact) mass is 267 g/mol. The van der Waals surface area contributed by atoms with Crippen LogP contribution in [0.3, 0.4) is 0 Å². The van der Waals surface area contributed by atoms with Crippen molar-refractivity contribution in [2.24, 2.45) is 0 Å². The van der Waals surface area contributed by atoms with Gasteiger partial charge in [-0.15, -0.1) is 0 Å². The largest absolute Gasteiger partial charge is 0.378 e. The molecule has 0 atom stereocenters. The summed E-state index contributed by atoms with van der Waals surface area (Å²) in [6, 6.07) is 1.93. The highest BCUT2D eigenvalue weighted by Crippen LogP contribution is 2.08. The summed E-state index contributed by atoms with van der Waals surface area (Å²) in [6.07, 6.45) is 0. The first-order valence-corrected chi connectivity index (χ1v) is 6.67. The van der Waals surface area contributed by atoms with Crippen LogP contribution in [0.2, 0.25) is 0 Å². The molecule has 0 saturated carbocycles. The van der Waals surface area contributed by atoms with E-state index in [4.69, 9.17) is 4.74 Å². The van der Waals surface area contributed by atoms with Gasteiger partial charge in [0.15, 0.2) is 0 Å². The molecule has 19 heavy (non-hydrogen) atoms. The molecule has 0 unspecified atom stereocenters. The molecule has 1 aromatic rings. The molecule has 0 bridgehead atoms. The lowest BCUT2D eigenvalue weighted by Gasteiger charge is -2.11. The SMILES string of the molecule is CCNc1nc(C)cc(NCCOCCN(C)C)n1. The molecule has 0 aliphatic heterocycles. The van der Waals surface area contributed by atoms with Gasteiger partial charge in [-0.25, -0.2) is 4.98 Å². The van der Waals surface area contributed by atoms with Gasteiger partial charge in [0, 0.05) is 31.4 Å². The molecule has 0 amide bonds. The fraction of sp³-hybridized carbons (Fsp3) is 0.692. The second-order valence-corrected chi connectivity index (χ2v) is 4.59. The molecular formula is C13H25N5O. The Labute approximate surface area is 115 Å². The number of aromatic nitrogens is 2. The summed E-state index contributed by atoms with van der Waals surface area (Å²) in [5.74, 6) is 1.50. The Hall–Kier alpha value is -1.40. The van der Waals surface area contributed by atoms with Crippen molar-refractivity contribution in [1.29, 1.82) is 0 Å². The number of anilines is 2. The van der Waals surface area contributed by atoms with Gasteiger partial charge in [-0.2, -0.15) is 4.98 Å². The number of ether oxygens (including phenoxy) is 1. The van der Waals surface area contributed by atoms with Gasteiger partial charge in [0.2, 0.25) is 5.95 Å². The van der Waals surface area contributed by atoms with Crippen LogP contribution in [0.4, 0.5) is 11.8 Å². The molecule has 0 aliphatic rings. The maximum Gasteiger partial charge on any atom is 0.224 e. The summed E-state index contributed by atoms with van der Waals surface area (Å²) in [5.41, 5.74) is 0.946. The third-order valence-corrected chi connectivity index (χ3v) is 2.42. The van der Waals surface area contributed by atoms with Crippen LogP contribution < -0.4 is 10.6 Å². The molecule has 0 aromatic carbocycles. The first-order chi connectivity index (χ1) is 9.11. The highest BCUT2D eigenvalue weighted by atomic mass is 16.5. The van der Waals surface area contributed by atoms with E-state index in [0.717, 1.165) is 37.8 Å². The van der Waals surface area contributed by atoms with Crippen molar-refractivity contribution < 1.29 is 4.74 Å². The molecule has 1 aromatic heterocycles. The predicted molar refractivity (Wildman–Crippen MR) is 78.8 cm³/mol. The molecule has 6 heteroatoms. The normalized spacial score (nSPS) is 10.8. The van der Waals surface area contributed by atoms with Crippen molar-refractivity contribution in [3.63, 3.8) is 0 Å². The first kappa shape index (κ1) is 15.7. The minimum atomic E-state index is 0.665. The molecule has 1 heterocycles. The average Bonchev–Trinajstić information content (AvgIpc) is 2.33. The number of hydrogen-bond donors (Lipinski definition) is 2. The fourth-order valence-corrected chi connectivity index (χ4v) is 1.50. The second kappa shape index (κ2) is 8.66. The van der Waals surface area contributed by atoms with E-state index in [2.05, 4.69) is 25.5 Å². The maximum absolute atomic E-state index is 5.51. The van der Waals surface area contributed by atoms with Gasteiger partial charge in [0.25, 0.3) is 0 Å². The number of likely N-dealkylation sites (N-methyl/N-ethyl adjacent to an activating group) is 1. The van der Waals surface area contributed by atoms with Crippen molar-refractivity contribution in [2.45, 2.75) is 13.8 Å². The molecule has 0 fully saturated rings. The van der Waals surface area contributed by atoms with Crippen molar-refractivity contribution in [3.05, 3.63) is 11.8 Å². The van der Waals surface area contributed by atoms with Gasteiger partial charge in [-0.1, -0.05) is 0 Å². The van der Waals surface area contributed by atoms with E-state index in [1.54, 1.807) is 0 Å². The molecule has 0 spiro atoms. The van der Waals surface area contributed by atoms with Gasteiger partial charge in [-0.3, -0.25) is 0 Å². The predicted octanol–water partition coefficient (Wildman–Crippen LogP) is 1.21. The van der Waals surface area contributed by atoms with E-state index in [9.17, 15) is 0 Å². The molecular weight excluding hydrogens is 242 g/mol. The molecule has 2 N–H and O–H groups in total. The smallest absolute Gasteiger partial charge is 0.224 e. The minimum absolute atomic E-state index is 0.665. The number of rotatable bonds is 9. The summed E-state index contributed by atoms with van der Waals surface area (Å²) in [6.45, 7) is 7.91. The topological polar surface area (TPSA) is 62.3 Å². The van der Waals surface area contributed by atoms with Gasteiger partial charge in [0.1, 0.15) is 5.82 Å². The minimum Gasteiger partial charge on any atom is -0.378 e. The van der Waals surface area contributed by atoms with Crippen molar-refractivity contribution in [1.82, 2.24) is 14.9 Å². The first-order valence-electron chi connectivity index (χ1n) is 6.67. The summed E-state index contributed by atoms with van der Waals surface area (Å²) in [7, 11) is 4.07. The zero-order valence-electron chi connectivity index (χ0n) is 12.4. The van der Waals surface area contributed by atoms with Crippen LogP contribution in [0, 0.1) is 6.92 Å². The summed E-state index contributed by atoms with van der Waals surface area (Å²) < 4.78 is 5.51. The second-order valence-electron chi connectivity index (χ2n) is 4.59. The fourth-order valence-electron chi connectivity index (χ4n) is 1.50. The lowest BCUT2D eigenvalue weighted by atomic mass is 10.4. The Bertz CT molecular complexity index is 370. The van der Waals surface area contributed by atoms with E-state index in [1.165, 1.54) is 0 Å². The highest BCUT2D eigenvalue weighted by Gasteiger charge is 2.00. The van der Waals surface area contributed by atoms with E-state index in [0.29, 0.717) is 12.6 Å². The van der Waals surface area contributed by atoms with Gasteiger partial charge in [-0.05, 0) is 27.9 Å². The lowest BCUT2D eigenvalue weighted by Crippen LogP contribution is -2.20. The van der Waals surface area contributed by atoms with Crippen molar-refractivity contribution in [3.8, 4) is 0 Å². The Kier molecular flexibility index (Phi) is 7.14. The van der Waals surface area contributed by atoms with Crippen molar-refractivity contribution in [2.75, 3.05) is 57.6 Å². The van der Waals surface area contributed by atoms with E-state index in [-0.39, 0.29) is 0 Å². The average molecular weight is 267 g/mol. The standard InChI is InChI=1S/C13H25N5O/c1-5-14-13-16-11(2)10-12(17-13)15-6-8-19-9-7-18(3)4/h10H,5-9H2,1-4H3,(H2,14,15,16,17). The van der Waals surface area contributed by atoms with Crippen LogP contribution in [-0.4, -0.2) is 61.8 Å². The van der Waals surface area contributed by atoms with E-state index in [1.807, 2.05) is 34.0 Å². The van der Waals surface area contributed by atoms with Gasteiger partial charge < -0.3 is 20.3 Å². The van der Waals surface area contributed by atoms with Gasteiger partial charge >= 0.3 is 0 Å². The Morgan fingerprint density at radius 2 is 2.00 bits per heavy atom. The number of nitrogens with zero attached hydrogens (tertiary/aromatic N) is 3. The molecule has 6 nitrogen and oxygen atoms in total. The summed E-state index contributed by atoms with van der Waals surface area (Å²) >= 11 is 0. The quantitative estimate of drug-likeness (QED) is 0.656. The van der Waals surface area contributed by atoms with Crippen LogP contribution in [0.1, 0.15) is 12.6 Å². The van der Waals surface area contributed by atoms with E-state index >= 15 is 0 Å². The van der Waals surface area contributed by atoms with Crippen LogP contribution in [-0.2, 0) is 4.74 Å². The van der Waals surface area contributed by atoms with Crippen LogP contribution in [0.25, 0.3) is 0 Å². The molecule has 108 valence electrons. The lowest BCUT2D eigenvalue weighted by molar-refractivity contribution is 0.126. The van der Waals surface area contributed by atoms with Crippen molar-refractivity contribution >= 4 is 11.8 Å². The molecule has 0 saturated heterocycles. The zero-order valence-corrected chi connectivity index (χ0v) is 12.4. The summed E-state index contributed by atoms with van der Waals surface area (Å²) in [5, 5.41) is 6.36. The summed E-state index contributed by atoms with van der Waals surface area (Å²) in [4.78, 5) is 10.8. The highest BCUT2D eigenvalue weighted by molar-refractivity contribution is 5.41. The third-order valence-electron chi connectivity index (χ3n) is 2.42. The Morgan fingerprint density at radius 1 is 1.21 bits per heavy atom. The Balaban J connectivity index is 2.28. The number of hydrogen-bond acceptors (Lipinski definition) is 6. The van der Waals surface area contributed by atoms with Crippen LogP contribution in [0.15, 0.2) is 6.07 Å². The Morgan fingerprint density at radius 3 is 2.68 bits per heavy atom. The number of nitrogens with one attached hydrogen (secondary N) is 2. The molecule has 1 rings (SSSR count). The zero-order chi connectivity index (χ0) is 14.1. The third kappa shape index (κ3) is 6.93.